The van der Waals surface area contributed by atoms with Gasteiger partial charge in [0.1, 0.15) is 0 Å². The summed E-state index contributed by atoms with van der Waals surface area (Å²) < 4.78 is 53.1. The van der Waals surface area contributed by atoms with Gasteiger partial charge in [-0.1, -0.05) is 17.7 Å². The summed E-state index contributed by atoms with van der Waals surface area (Å²) in [4.78, 5) is 23.2. The Hall–Kier alpha value is -3.27. The third-order valence-electron chi connectivity index (χ3n) is 3.65. The molecule has 0 saturated heterocycles. The van der Waals surface area contributed by atoms with Crippen LogP contribution in [0.25, 0.3) is 0 Å². The molecule has 0 radical (unpaired) electrons. The molecule has 30 heavy (non-hydrogen) atoms. The average molecular weight is 445 g/mol. The first kappa shape index (κ1) is 23.0. The summed E-state index contributed by atoms with van der Waals surface area (Å²) in [5.74, 6) is -1.14. The summed E-state index contributed by atoms with van der Waals surface area (Å²) >= 11 is 6.12. The van der Waals surface area contributed by atoms with Gasteiger partial charge in [-0.05, 0) is 35.9 Å². The molecule has 0 spiro atoms. The van der Waals surface area contributed by atoms with E-state index >= 15 is 0 Å². The quantitative estimate of drug-likeness (QED) is 0.400. The van der Waals surface area contributed by atoms with Crippen LogP contribution < -0.4 is 14.9 Å². The molecule has 7 nitrogen and oxygen atoms in total. The SMILES string of the molecule is COC(=O)COc1c(Cl)cc(/C=N\NC(=O)c2cccc(C(F)(F)F)c2)cc1OC. The fourth-order valence-corrected chi connectivity index (χ4v) is 2.48. The van der Waals surface area contributed by atoms with Gasteiger partial charge in [-0.2, -0.15) is 18.3 Å². The molecule has 1 amide bonds. The number of hydrazone groups is 1. The van der Waals surface area contributed by atoms with Gasteiger partial charge in [0.25, 0.3) is 5.91 Å². The molecule has 2 rings (SSSR count). The maximum Gasteiger partial charge on any atom is 0.416 e. The van der Waals surface area contributed by atoms with Crippen LogP contribution in [0.5, 0.6) is 11.5 Å². The third kappa shape index (κ3) is 6.11. The molecular weight excluding hydrogens is 429 g/mol. The van der Waals surface area contributed by atoms with Crippen LogP contribution in [0.3, 0.4) is 0 Å². The molecule has 1 N–H and O–H groups in total. The van der Waals surface area contributed by atoms with Crippen molar-refractivity contribution in [2.75, 3.05) is 20.8 Å². The lowest BCUT2D eigenvalue weighted by Gasteiger charge is -2.12. The van der Waals surface area contributed by atoms with Crippen molar-refractivity contribution in [3.8, 4) is 11.5 Å². The van der Waals surface area contributed by atoms with Crippen LogP contribution in [0.2, 0.25) is 5.02 Å². The zero-order chi connectivity index (χ0) is 22.3. The first-order chi connectivity index (χ1) is 14.2. The summed E-state index contributed by atoms with van der Waals surface area (Å²) in [5.41, 5.74) is 1.38. The maximum atomic E-state index is 12.7. The van der Waals surface area contributed by atoms with Crippen LogP contribution in [0.4, 0.5) is 13.2 Å². The second-order valence-corrected chi connectivity index (χ2v) is 6.08. The van der Waals surface area contributed by atoms with Gasteiger partial charge < -0.3 is 14.2 Å². The number of alkyl halides is 3. The van der Waals surface area contributed by atoms with Gasteiger partial charge in [0.2, 0.25) is 0 Å². The number of carbonyl (C=O) groups is 2. The van der Waals surface area contributed by atoms with E-state index in [4.69, 9.17) is 21.1 Å². The fourth-order valence-electron chi connectivity index (χ4n) is 2.21. The number of carbonyl (C=O) groups excluding carboxylic acids is 2. The zero-order valence-corrected chi connectivity index (χ0v) is 16.5. The highest BCUT2D eigenvalue weighted by Crippen LogP contribution is 2.36. The van der Waals surface area contributed by atoms with Gasteiger partial charge in [-0.15, -0.1) is 0 Å². The van der Waals surface area contributed by atoms with Gasteiger partial charge in [0, 0.05) is 5.56 Å². The Morgan fingerprint density at radius 2 is 1.93 bits per heavy atom. The lowest BCUT2D eigenvalue weighted by Crippen LogP contribution is -2.18. The number of benzene rings is 2. The lowest BCUT2D eigenvalue weighted by molar-refractivity contribution is -0.143. The molecule has 0 aliphatic carbocycles. The topological polar surface area (TPSA) is 86.2 Å². The van der Waals surface area contributed by atoms with Crippen molar-refractivity contribution in [2.24, 2.45) is 5.10 Å². The highest BCUT2D eigenvalue weighted by Gasteiger charge is 2.30. The molecule has 0 unspecified atom stereocenters. The first-order valence-electron chi connectivity index (χ1n) is 8.23. The standard InChI is InChI=1S/C19H16ClF3N2O5/c1-28-15-7-11(6-14(20)17(15)30-10-16(26)29-2)9-24-25-18(27)12-4-3-5-13(8-12)19(21,22)23/h3-9H,10H2,1-2H3,(H,25,27)/b24-9-. The predicted octanol–water partition coefficient (Wildman–Crippen LogP) is 3.68. The van der Waals surface area contributed by atoms with E-state index in [0.717, 1.165) is 18.2 Å². The highest BCUT2D eigenvalue weighted by molar-refractivity contribution is 6.32. The fraction of sp³-hybridized carbons (Fsp3) is 0.211. The van der Waals surface area contributed by atoms with Gasteiger partial charge in [0.05, 0.1) is 31.0 Å². The summed E-state index contributed by atoms with van der Waals surface area (Å²) in [6.07, 6.45) is -3.35. The summed E-state index contributed by atoms with van der Waals surface area (Å²) in [7, 11) is 2.56. The number of amides is 1. The smallest absolute Gasteiger partial charge is 0.416 e. The molecule has 0 heterocycles. The molecular formula is C19H16ClF3N2O5. The molecule has 0 aliphatic rings. The number of esters is 1. The molecule has 0 bridgehead atoms. The number of rotatable bonds is 7. The maximum absolute atomic E-state index is 12.7. The molecule has 0 saturated carbocycles. The van der Waals surface area contributed by atoms with Crippen LogP contribution in [0.1, 0.15) is 21.5 Å². The summed E-state index contributed by atoms with van der Waals surface area (Å²) in [5, 5.41) is 3.81. The van der Waals surface area contributed by atoms with E-state index in [-0.39, 0.29) is 28.7 Å². The van der Waals surface area contributed by atoms with Gasteiger partial charge in [-0.25, -0.2) is 10.2 Å². The van der Waals surface area contributed by atoms with Crippen molar-refractivity contribution >= 4 is 29.7 Å². The van der Waals surface area contributed by atoms with E-state index in [1.54, 1.807) is 0 Å². The van der Waals surface area contributed by atoms with Crippen molar-refractivity contribution in [2.45, 2.75) is 6.18 Å². The van der Waals surface area contributed by atoms with Crippen molar-refractivity contribution in [3.05, 3.63) is 58.1 Å². The van der Waals surface area contributed by atoms with E-state index in [2.05, 4.69) is 15.3 Å². The minimum absolute atomic E-state index is 0.101. The van der Waals surface area contributed by atoms with Crippen LogP contribution in [0.15, 0.2) is 41.5 Å². The van der Waals surface area contributed by atoms with Crippen molar-refractivity contribution < 1.29 is 37.0 Å². The number of ether oxygens (including phenoxy) is 3. The second kappa shape index (κ2) is 9.97. The number of hydrogen-bond donors (Lipinski definition) is 1. The molecule has 0 fully saturated rings. The second-order valence-electron chi connectivity index (χ2n) is 5.68. The van der Waals surface area contributed by atoms with E-state index in [1.807, 2.05) is 0 Å². The van der Waals surface area contributed by atoms with E-state index in [1.165, 1.54) is 38.6 Å². The van der Waals surface area contributed by atoms with Gasteiger partial charge >= 0.3 is 12.1 Å². The molecule has 2 aromatic carbocycles. The Bertz CT molecular complexity index is 964. The predicted molar refractivity (Wildman–Crippen MR) is 102 cm³/mol. The van der Waals surface area contributed by atoms with Crippen molar-refractivity contribution in [1.29, 1.82) is 0 Å². The number of halogens is 4. The van der Waals surface area contributed by atoms with Gasteiger partial charge in [-0.3, -0.25) is 4.79 Å². The lowest BCUT2D eigenvalue weighted by atomic mass is 10.1. The molecule has 0 atom stereocenters. The number of methoxy groups -OCH3 is 2. The van der Waals surface area contributed by atoms with Crippen LogP contribution in [-0.2, 0) is 15.7 Å². The monoisotopic (exact) mass is 444 g/mol. The summed E-state index contributed by atoms with van der Waals surface area (Å²) in [6, 6.07) is 6.83. The number of nitrogens with zero attached hydrogens (tertiary/aromatic N) is 1. The van der Waals surface area contributed by atoms with E-state index in [0.29, 0.717) is 5.56 Å². The van der Waals surface area contributed by atoms with Crippen LogP contribution >= 0.6 is 11.6 Å². The van der Waals surface area contributed by atoms with Crippen LogP contribution in [0, 0.1) is 0 Å². The Kier molecular flexibility index (Phi) is 7.65. The highest BCUT2D eigenvalue weighted by atomic mass is 35.5. The average Bonchev–Trinajstić information content (AvgIpc) is 2.71. The molecule has 0 aliphatic heterocycles. The summed E-state index contributed by atoms with van der Waals surface area (Å²) in [6.45, 7) is -0.382. The van der Waals surface area contributed by atoms with Gasteiger partial charge in [0.15, 0.2) is 18.1 Å². The first-order valence-corrected chi connectivity index (χ1v) is 8.61. The Balaban J connectivity index is 2.12. The van der Waals surface area contributed by atoms with Crippen LogP contribution in [-0.4, -0.2) is 38.9 Å². The molecule has 2 aromatic rings. The van der Waals surface area contributed by atoms with E-state index in [9.17, 15) is 22.8 Å². The zero-order valence-electron chi connectivity index (χ0n) is 15.7. The molecule has 11 heteroatoms. The molecule has 160 valence electrons. The Morgan fingerprint density at radius 3 is 2.57 bits per heavy atom. The Morgan fingerprint density at radius 1 is 1.20 bits per heavy atom. The minimum atomic E-state index is -4.56. The number of hydrogen-bond acceptors (Lipinski definition) is 6. The minimum Gasteiger partial charge on any atom is -0.493 e. The normalized spacial score (nSPS) is 11.3. The van der Waals surface area contributed by atoms with Crippen molar-refractivity contribution in [3.63, 3.8) is 0 Å². The number of nitrogens with one attached hydrogen (secondary N) is 1. The third-order valence-corrected chi connectivity index (χ3v) is 3.93. The Labute approximate surface area is 174 Å². The molecule has 0 aromatic heterocycles. The largest absolute Gasteiger partial charge is 0.493 e. The van der Waals surface area contributed by atoms with E-state index < -0.39 is 23.6 Å². The van der Waals surface area contributed by atoms with Crippen molar-refractivity contribution in [1.82, 2.24) is 5.43 Å².